The Morgan fingerprint density at radius 1 is 1.20 bits per heavy atom. The minimum Gasteiger partial charge on any atom is -0.493 e. The third kappa shape index (κ3) is 4.93. The number of halogens is 2. The van der Waals surface area contributed by atoms with Crippen molar-refractivity contribution in [1.29, 1.82) is 0 Å². The lowest BCUT2D eigenvalue weighted by molar-refractivity contribution is -0.125. The molecule has 0 spiro atoms. The summed E-state index contributed by atoms with van der Waals surface area (Å²) in [5.74, 6) is 3.44. The molecule has 1 saturated heterocycles. The number of nitrogens with two attached hydrogens (primary N) is 1. The number of methoxy groups -OCH3 is 3. The predicted octanol–water partition coefficient (Wildman–Crippen LogP) is 3.47. The van der Waals surface area contributed by atoms with Crippen molar-refractivity contribution in [1.82, 2.24) is 24.6 Å². The lowest BCUT2D eigenvalue weighted by atomic mass is 10.1. The van der Waals surface area contributed by atoms with Crippen LogP contribution in [0.4, 0.5) is 14.6 Å². The Morgan fingerprint density at radius 2 is 1.93 bits per heavy atom. The summed E-state index contributed by atoms with van der Waals surface area (Å²) in [5, 5.41) is 5.04. The Morgan fingerprint density at radius 3 is 2.59 bits per heavy atom. The number of amides is 1. The number of carbonyl (C=O) groups is 1. The zero-order valence-corrected chi connectivity index (χ0v) is 22.5. The summed E-state index contributed by atoms with van der Waals surface area (Å²) in [5.41, 5.74) is 6.83. The van der Waals surface area contributed by atoms with Crippen molar-refractivity contribution in [3.05, 3.63) is 59.8 Å². The van der Waals surface area contributed by atoms with Gasteiger partial charge >= 0.3 is 0 Å². The van der Waals surface area contributed by atoms with Crippen LogP contribution in [0.1, 0.15) is 29.5 Å². The molecular formula is C28H26F2N6O5. The summed E-state index contributed by atoms with van der Waals surface area (Å²) in [6.07, 6.45) is 4.86. The first-order valence-corrected chi connectivity index (χ1v) is 12.4. The van der Waals surface area contributed by atoms with E-state index in [2.05, 4.69) is 28.4 Å². The molecule has 5 rings (SSSR count). The maximum absolute atomic E-state index is 15.0. The number of carbonyl (C=O) groups excluding carboxylic acids is 1. The van der Waals surface area contributed by atoms with E-state index in [4.69, 9.17) is 29.5 Å². The van der Waals surface area contributed by atoms with E-state index in [0.717, 1.165) is 6.07 Å². The first-order chi connectivity index (χ1) is 19.8. The van der Waals surface area contributed by atoms with Crippen LogP contribution in [0.15, 0.2) is 35.5 Å². The molecule has 1 amide bonds. The molecule has 4 aromatic rings. The van der Waals surface area contributed by atoms with Gasteiger partial charge in [0.2, 0.25) is 11.8 Å². The number of likely N-dealkylation sites (tertiary alicyclic amines) is 1. The lowest BCUT2D eigenvalue weighted by Gasteiger charge is -2.16. The second-order valence-electron chi connectivity index (χ2n) is 9.10. The number of benzene rings is 1. The van der Waals surface area contributed by atoms with Gasteiger partial charge in [0, 0.05) is 32.5 Å². The molecule has 0 aliphatic carbocycles. The number of rotatable bonds is 7. The molecule has 3 aromatic heterocycles. The number of nitrogen functional groups attached to an aromatic ring is 1. The normalized spacial score (nSPS) is 14.7. The maximum atomic E-state index is 15.0. The smallest absolute Gasteiger partial charge is 0.246 e. The number of hydrogen-bond donors (Lipinski definition) is 1. The van der Waals surface area contributed by atoms with Crippen LogP contribution in [0.5, 0.6) is 11.5 Å². The van der Waals surface area contributed by atoms with E-state index in [1.54, 1.807) is 9.58 Å². The van der Waals surface area contributed by atoms with Gasteiger partial charge in [-0.2, -0.15) is 5.10 Å². The second-order valence-corrected chi connectivity index (χ2v) is 9.10. The van der Waals surface area contributed by atoms with E-state index in [-0.39, 0.29) is 47.5 Å². The fraction of sp³-hybridized carbons (Fsp3) is 0.286. The van der Waals surface area contributed by atoms with Crippen molar-refractivity contribution >= 4 is 22.6 Å². The Kier molecular flexibility index (Phi) is 7.58. The molecular weight excluding hydrogens is 538 g/mol. The quantitative estimate of drug-likeness (QED) is 0.265. The number of anilines is 1. The summed E-state index contributed by atoms with van der Waals surface area (Å²) < 4.78 is 52.8. The monoisotopic (exact) mass is 564 g/mol. The molecule has 13 heteroatoms. The molecule has 1 aliphatic rings. The van der Waals surface area contributed by atoms with Crippen molar-refractivity contribution in [2.45, 2.75) is 19.1 Å². The molecule has 4 heterocycles. The lowest BCUT2D eigenvalue weighted by Crippen LogP contribution is -2.27. The summed E-state index contributed by atoms with van der Waals surface area (Å²) in [6, 6.07) is 0.815. The average Bonchev–Trinajstić information content (AvgIpc) is 3.73. The molecule has 1 unspecified atom stereocenters. The van der Waals surface area contributed by atoms with Gasteiger partial charge in [0.15, 0.2) is 28.9 Å². The third-order valence-corrected chi connectivity index (χ3v) is 6.70. The fourth-order valence-electron chi connectivity index (χ4n) is 4.73. The average molecular weight is 565 g/mol. The molecule has 1 fully saturated rings. The summed E-state index contributed by atoms with van der Waals surface area (Å²) >= 11 is 0. The van der Waals surface area contributed by atoms with Gasteiger partial charge in [-0.05, 0) is 18.4 Å². The highest BCUT2D eigenvalue weighted by molar-refractivity contribution is 6.01. The molecule has 0 radical (unpaired) electrons. The van der Waals surface area contributed by atoms with E-state index in [0.29, 0.717) is 41.7 Å². The van der Waals surface area contributed by atoms with Crippen LogP contribution in [0, 0.1) is 23.5 Å². The largest absolute Gasteiger partial charge is 0.493 e. The van der Waals surface area contributed by atoms with Crippen LogP contribution in [0.3, 0.4) is 0 Å². The number of fused-ring (bicyclic) bond motifs is 1. The van der Waals surface area contributed by atoms with Gasteiger partial charge < -0.3 is 29.3 Å². The van der Waals surface area contributed by atoms with Gasteiger partial charge in [-0.15, -0.1) is 0 Å². The van der Waals surface area contributed by atoms with Gasteiger partial charge in [0.1, 0.15) is 23.7 Å². The topological polar surface area (TPSA) is 131 Å². The van der Waals surface area contributed by atoms with Crippen LogP contribution in [0.2, 0.25) is 0 Å². The number of hydrogen-bond acceptors (Lipinski definition) is 9. The maximum Gasteiger partial charge on any atom is 0.246 e. The summed E-state index contributed by atoms with van der Waals surface area (Å²) in [6.45, 7) is 4.59. The minimum absolute atomic E-state index is 0.0872. The van der Waals surface area contributed by atoms with Gasteiger partial charge in [-0.3, -0.25) is 9.48 Å². The molecule has 2 N–H and O–H groups in total. The van der Waals surface area contributed by atoms with E-state index in [9.17, 15) is 4.79 Å². The molecule has 0 bridgehead atoms. The molecule has 1 aliphatic heterocycles. The first kappa shape index (κ1) is 27.6. The zero-order valence-electron chi connectivity index (χ0n) is 22.5. The van der Waals surface area contributed by atoms with Gasteiger partial charge in [-0.1, -0.05) is 12.5 Å². The summed E-state index contributed by atoms with van der Waals surface area (Å²) in [4.78, 5) is 22.6. The number of pyridine rings is 1. The van der Waals surface area contributed by atoms with Crippen molar-refractivity contribution in [2.75, 3.05) is 40.2 Å². The van der Waals surface area contributed by atoms with E-state index >= 15 is 8.78 Å². The molecule has 0 saturated carbocycles. The second kappa shape index (κ2) is 11.3. The van der Waals surface area contributed by atoms with Gasteiger partial charge in [-0.25, -0.2) is 18.7 Å². The van der Waals surface area contributed by atoms with Crippen LogP contribution < -0.4 is 15.2 Å². The number of ether oxygens (including phenoxy) is 3. The Labute approximate surface area is 233 Å². The molecule has 212 valence electrons. The predicted molar refractivity (Wildman–Crippen MR) is 144 cm³/mol. The summed E-state index contributed by atoms with van der Waals surface area (Å²) in [7, 11) is 4.03. The van der Waals surface area contributed by atoms with Crippen LogP contribution in [0.25, 0.3) is 22.4 Å². The van der Waals surface area contributed by atoms with Crippen molar-refractivity contribution < 1.29 is 32.2 Å². The first-order valence-electron chi connectivity index (χ1n) is 12.4. The zero-order chi connectivity index (χ0) is 29.3. The van der Waals surface area contributed by atoms with Crippen molar-refractivity contribution in [2.24, 2.45) is 0 Å². The molecule has 1 aromatic carbocycles. The highest BCUT2D eigenvalue weighted by atomic mass is 19.1. The fourth-order valence-corrected chi connectivity index (χ4v) is 4.73. The number of oxazole rings is 1. The van der Waals surface area contributed by atoms with Crippen LogP contribution in [-0.4, -0.2) is 65.0 Å². The van der Waals surface area contributed by atoms with Crippen LogP contribution in [-0.2, 0) is 16.1 Å². The number of aromatic nitrogens is 4. The Hall–Kier alpha value is -4.96. The SMILES string of the molecule is C=CC(=O)N1CCC(n2nc(C#Cc3c(F)c(OC)cc(OC)c3F)c3c(N)ncc(-c4ncc(COC)o4)c32)C1. The van der Waals surface area contributed by atoms with Crippen molar-refractivity contribution in [3.8, 4) is 34.8 Å². The molecule has 11 nitrogen and oxygen atoms in total. The van der Waals surface area contributed by atoms with E-state index < -0.39 is 17.2 Å². The highest BCUT2D eigenvalue weighted by Gasteiger charge is 2.31. The van der Waals surface area contributed by atoms with Gasteiger partial charge in [0.25, 0.3) is 0 Å². The van der Waals surface area contributed by atoms with E-state index in [1.807, 2.05) is 0 Å². The Bertz CT molecular complexity index is 1690. The third-order valence-electron chi connectivity index (χ3n) is 6.70. The Balaban J connectivity index is 1.72. The molecule has 41 heavy (non-hydrogen) atoms. The minimum atomic E-state index is -0.992. The standard InChI is InChI=1S/C28H26F2N6O5/c1-5-22(37)35-9-8-15(13-35)36-26-18(28-33-11-16(41-28)14-38-2)12-32-27(31)23(26)19(34-36)7-6-17-24(29)20(39-3)10-21(40-4)25(17)30/h5,10-12,15H,1,8-9,13-14H2,2-4H3,(H2,31,32). The number of nitrogens with zero attached hydrogens (tertiary/aromatic N) is 5. The molecule has 1 atom stereocenters. The van der Waals surface area contributed by atoms with Crippen LogP contribution >= 0.6 is 0 Å². The van der Waals surface area contributed by atoms with Gasteiger partial charge in [0.05, 0.1) is 42.9 Å². The van der Waals surface area contributed by atoms with E-state index in [1.165, 1.54) is 39.8 Å². The highest BCUT2D eigenvalue weighted by Crippen LogP contribution is 2.37. The van der Waals surface area contributed by atoms with Crippen molar-refractivity contribution in [3.63, 3.8) is 0 Å².